The topological polar surface area (TPSA) is 57.4 Å². The van der Waals surface area contributed by atoms with E-state index in [0.717, 1.165) is 29.4 Å². The van der Waals surface area contributed by atoms with E-state index < -0.39 is 0 Å². The lowest BCUT2D eigenvalue weighted by atomic mass is 9.90. The zero-order valence-electron chi connectivity index (χ0n) is 10.3. The van der Waals surface area contributed by atoms with Gasteiger partial charge in [-0.25, -0.2) is 4.98 Å². The lowest BCUT2D eigenvalue weighted by Crippen LogP contribution is -2.43. The summed E-state index contributed by atoms with van der Waals surface area (Å²) in [6.07, 6.45) is 3.77. The molecule has 0 bridgehead atoms. The normalized spacial score (nSPS) is 22.6. The second-order valence-electron chi connectivity index (χ2n) is 4.67. The molecule has 0 unspecified atom stereocenters. The standard InChI is InChI=1S/C14H16N2O2/c1-17-11-3-2-9-4-5-16-14(13(9)8-11)18-12-6-10(15)7-12/h2-5,8,10,12H,6-7,15H2,1H3. The van der Waals surface area contributed by atoms with Gasteiger partial charge in [-0.2, -0.15) is 0 Å². The molecule has 3 rings (SSSR count). The first kappa shape index (κ1) is 11.3. The van der Waals surface area contributed by atoms with Gasteiger partial charge in [-0.3, -0.25) is 0 Å². The predicted molar refractivity (Wildman–Crippen MR) is 69.9 cm³/mol. The van der Waals surface area contributed by atoms with E-state index in [1.807, 2.05) is 24.3 Å². The number of hydrogen-bond acceptors (Lipinski definition) is 4. The first-order valence-electron chi connectivity index (χ1n) is 6.11. The zero-order valence-corrected chi connectivity index (χ0v) is 10.3. The van der Waals surface area contributed by atoms with Crippen molar-refractivity contribution in [3.63, 3.8) is 0 Å². The van der Waals surface area contributed by atoms with Crippen LogP contribution in [-0.4, -0.2) is 24.2 Å². The highest BCUT2D eigenvalue weighted by atomic mass is 16.5. The minimum absolute atomic E-state index is 0.198. The summed E-state index contributed by atoms with van der Waals surface area (Å²) in [5, 5.41) is 2.08. The van der Waals surface area contributed by atoms with Crippen molar-refractivity contribution >= 4 is 10.8 Å². The number of methoxy groups -OCH3 is 1. The Labute approximate surface area is 106 Å². The van der Waals surface area contributed by atoms with Crippen LogP contribution < -0.4 is 15.2 Å². The molecule has 1 fully saturated rings. The molecule has 1 aromatic carbocycles. The van der Waals surface area contributed by atoms with Gasteiger partial charge in [0, 0.05) is 17.6 Å². The van der Waals surface area contributed by atoms with E-state index in [1.165, 1.54) is 0 Å². The van der Waals surface area contributed by atoms with Crippen LogP contribution in [0.15, 0.2) is 30.5 Å². The summed E-state index contributed by atoms with van der Waals surface area (Å²) >= 11 is 0. The van der Waals surface area contributed by atoms with Gasteiger partial charge in [0.1, 0.15) is 11.9 Å². The van der Waals surface area contributed by atoms with Crippen molar-refractivity contribution in [2.24, 2.45) is 5.73 Å². The number of aromatic nitrogens is 1. The Morgan fingerprint density at radius 1 is 1.28 bits per heavy atom. The van der Waals surface area contributed by atoms with Gasteiger partial charge in [0.25, 0.3) is 0 Å². The van der Waals surface area contributed by atoms with Crippen molar-refractivity contribution in [3.8, 4) is 11.6 Å². The second kappa shape index (κ2) is 4.46. The SMILES string of the molecule is COc1ccc2ccnc(OC3CC(N)C3)c2c1. The molecular formula is C14H16N2O2. The molecule has 0 spiro atoms. The van der Waals surface area contributed by atoms with Crippen molar-refractivity contribution in [3.05, 3.63) is 30.5 Å². The van der Waals surface area contributed by atoms with Crippen molar-refractivity contribution < 1.29 is 9.47 Å². The fourth-order valence-electron chi connectivity index (χ4n) is 2.20. The van der Waals surface area contributed by atoms with E-state index in [1.54, 1.807) is 13.3 Å². The molecule has 1 aliphatic carbocycles. The molecule has 1 heterocycles. The van der Waals surface area contributed by atoms with Crippen molar-refractivity contribution in [1.29, 1.82) is 0 Å². The average Bonchev–Trinajstić information content (AvgIpc) is 2.37. The summed E-state index contributed by atoms with van der Waals surface area (Å²) in [6, 6.07) is 8.14. The summed E-state index contributed by atoms with van der Waals surface area (Å²) in [4.78, 5) is 4.31. The molecule has 1 saturated carbocycles. The number of rotatable bonds is 3. The first-order chi connectivity index (χ1) is 8.76. The van der Waals surface area contributed by atoms with Crippen molar-refractivity contribution in [1.82, 2.24) is 4.98 Å². The highest BCUT2D eigenvalue weighted by Gasteiger charge is 2.28. The van der Waals surface area contributed by atoms with Crippen molar-refractivity contribution in [2.75, 3.05) is 7.11 Å². The lowest BCUT2D eigenvalue weighted by molar-refractivity contribution is 0.0977. The van der Waals surface area contributed by atoms with E-state index in [-0.39, 0.29) is 12.1 Å². The number of nitrogens with zero attached hydrogens (tertiary/aromatic N) is 1. The van der Waals surface area contributed by atoms with Gasteiger partial charge in [0.05, 0.1) is 7.11 Å². The van der Waals surface area contributed by atoms with Gasteiger partial charge < -0.3 is 15.2 Å². The maximum Gasteiger partial charge on any atom is 0.221 e. The predicted octanol–water partition coefficient (Wildman–Crippen LogP) is 2.11. The summed E-state index contributed by atoms with van der Waals surface area (Å²) in [7, 11) is 1.66. The van der Waals surface area contributed by atoms with Crippen LogP contribution in [0.2, 0.25) is 0 Å². The number of fused-ring (bicyclic) bond motifs is 1. The maximum atomic E-state index is 5.89. The largest absolute Gasteiger partial charge is 0.497 e. The van der Waals surface area contributed by atoms with E-state index >= 15 is 0 Å². The second-order valence-corrected chi connectivity index (χ2v) is 4.67. The molecule has 1 aromatic heterocycles. The molecule has 0 amide bonds. The summed E-state index contributed by atoms with van der Waals surface area (Å²) < 4.78 is 11.1. The minimum atomic E-state index is 0.198. The molecule has 4 nitrogen and oxygen atoms in total. The molecule has 2 aromatic rings. The fourth-order valence-corrected chi connectivity index (χ4v) is 2.20. The Hall–Kier alpha value is -1.81. The third kappa shape index (κ3) is 1.99. The number of hydrogen-bond donors (Lipinski definition) is 1. The highest BCUT2D eigenvalue weighted by Crippen LogP contribution is 2.30. The molecule has 0 aliphatic heterocycles. The molecule has 4 heteroatoms. The molecule has 2 N–H and O–H groups in total. The van der Waals surface area contributed by atoms with Crippen LogP contribution in [0.3, 0.4) is 0 Å². The van der Waals surface area contributed by atoms with E-state index in [0.29, 0.717) is 5.88 Å². The number of nitrogens with two attached hydrogens (primary N) is 1. The minimum Gasteiger partial charge on any atom is -0.497 e. The van der Waals surface area contributed by atoms with Gasteiger partial charge in [0.15, 0.2) is 0 Å². The van der Waals surface area contributed by atoms with Crippen LogP contribution >= 0.6 is 0 Å². The van der Waals surface area contributed by atoms with E-state index in [2.05, 4.69) is 4.98 Å². The maximum absolute atomic E-state index is 5.89. The quantitative estimate of drug-likeness (QED) is 0.898. The van der Waals surface area contributed by atoms with Crippen LogP contribution in [0.1, 0.15) is 12.8 Å². The van der Waals surface area contributed by atoms with Crippen LogP contribution in [0, 0.1) is 0 Å². The summed E-state index contributed by atoms with van der Waals surface area (Å²) in [5.41, 5.74) is 5.76. The number of ether oxygens (including phenoxy) is 2. The Morgan fingerprint density at radius 2 is 2.11 bits per heavy atom. The first-order valence-corrected chi connectivity index (χ1v) is 6.11. The smallest absolute Gasteiger partial charge is 0.221 e. The van der Waals surface area contributed by atoms with Crippen LogP contribution in [-0.2, 0) is 0 Å². The lowest BCUT2D eigenvalue weighted by Gasteiger charge is -2.32. The molecule has 94 valence electrons. The highest BCUT2D eigenvalue weighted by molar-refractivity contribution is 5.87. The van der Waals surface area contributed by atoms with Gasteiger partial charge in [-0.1, -0.05) is 6.07 Å². The average molecular weight is 244 g/mol. The van der Waals surface area contributed by atoms with Crippen LogP contribution in [0.5, 0.6) is 11.6 Å². The Balaban J connectivity index is 1.94. The van der Waals surface area contributed by atoms with Crippen molar-refractivity contribution in [2.45, 2.75) is 25.0 Å². The van der Waals surface area contributed by atoms with Gasteiger partial charge in [0.2, 0.25) is 5.88 Å². The molecule has 0 saturated heterocycles. The van der Waals surface area contributed by atoms with E-state index in [9.17, 15) is 0 Å². The molecule has 0 atom stereocenters. The van der Waals surface area contributed by atoms with Gasteiger partial charge >= 0.3 is 0 Å². The van der Waals surface area contributed by atoms with E-state index in [4.69, 9.17) is 15.2 Å². The Bertz CT molecular complexity index is 565. The van der Waals surface area contributed by atoms with Gasteiger partial charge in [-0.15, -0.1) is 0 Å². The third-order valence-electron chi connectivity index (χ3n) is 3.35. The zero-order chi connectivity index (χ0) is 12.5. The number of benzene rings is 1. The van der Waals surface area contributed by atoms with Crippen LogP contribution in [0.4, 0.5) is 0 Å². The molecule has 0 radical (unpaired) electrons. The third-order valence-corrected chi connectivity index (χ3v) is 3.35. The molecular weight excluding hydrogens is 228 g/mol. The van der Waals surface area contributed by atoms with Gasteiger partial charge in [-0.05, 0) is 36.4 Å². The summed E-state index contributed by atoms with van der Waals surface area (Å²) in [5.74, 6) is 1.48. The molecule has 18 heavy (non-hydrogen) atoms. The molecule has 1 aliphatic rings. The van der Waals surface area contributed by atoms with Crippen LogP contribution in [0.25, 0.3) is 10.8 Å². The Kier molecular flexibility index (Phi) is 2.80. The monoisotopic (exact) mass is 244 g/mol. The summed E-state index contributed by atoms with van der Waals surface area (Å²) in [6.45, 7) is 0. The fraction of sp³-hybridized carbons (Fsp3) is 0.357. The Morgan fingerprint density at radius 3 is 2.83 bits per heavy atom. The number of pyridine rings is 1.